The topological polar surface area (TPSA) is 55.2 Å². The minimum atomic E-state index is -0.327. The lowest BCUT2D eigenvalue weighted by molar-refractivity contribution is -0.424. The van der Waals surface area contributed by atoms with E-state index >= 15 is 0 Å². The molecule has 1 aromatic rings. The van der Waals surface area contributed by atoms with E-state index in [0.29, 0.717) is 5.92 Å². The fraction of sp³-hybridized carbons (Fsp3) is 0.444. The van der Waals surface area contributed by atoms with Crippen molar-refractivity contribution in [3.63, 3.8) is 0 Å². The molecule has 1 N–H and O–H groups in total. The highest BCUT2D eigenvalue weighted by Crippen LogP contribution is 2.14. The third-order valence-electron chi connectivity index (χ3n) is 3.60. The monoisotopic (exact) mass is 302 g/mol. The first-order valence-corrected chi connectivity index (χ1v) is 7.74. The number of nitrogens with zero attached hydrogens (tertiary/aromatic N) is 1. The number of anilines is 1. The quantitative estimate of drug-likeness (QED) is 0.395. The molecule has 1 rings (SSSR count). The van der Waals surface area contributed by atoms with E-state index in [9.17, 15) is 10.1 Å². The third-order valence-corrected chi connectivity index (χ3v) is 3.60. The lowest BCUT2D eigenvalue weighted by atomic mass is 10.0. The summed E-state index contributed by atoms with van der Waals surface area (Å²) in [5.41, 5.74) is 2.68. The Bertz CT molecular complexity index is 521. The molecule has 0 aliphatic heterocycles. The van der Waals surface area contributed by atoms with Gasteiger partial charge in [0.1, 0.15) is 0 Å². The van der Waals surface area contributed by atoms with E-state index in [0.717, 1.165) is 31.5 Å². The third kappa shape index (κ3) is 7.62. The SMILES string of the molecule is C/C(=C\CCC(C)C/C=C(\C)[N+](=O)[O-])CNc1ccccc1. The number of allylic oxidation sites excluding steroid dienone is 3. The molecule has 4 nitrogen and oxygen atoms in total. The Hall–Kier alpha value is -2.10. The van der Waals surface area contributed by atoms with Crippen LogP contribution >= 0.6 is 0 Å². The van der Waals surface area contributed by atoms with E-state index in [2.05, 4.69) is 37.4 Å². The first kappa shape index (κ1) is 18.0. The Kier molecular flexibility index (Phi) is 7.97. The summed E-state index contributed by atoms with van der Waals surface area (Å²) in [6.45, 7) is 6.65. The molecule has 0 amide bonds. The Labute approximate surface area is 133 Å². The zero-order valence-electron chi connectivity index (χ0n) is 13.7. The van der Waals surface area contributed by atoms with Crippen molar-refractivity contribution >= 4 is 5.69 Å². The molecule has 0 bridgehead atoms. The summed E-state index contributed by atoms with van der Waals surface area (Å²) in [7, 11) is 0. The number of hydrogen-bond donors (Lipinski definition) is 1. The minimum Gasteiger partial charge on any atom is -0.381 e. The maximum absolute atomic E-state index is 10.5. The van der Waals surface area contributed by atoms with Gasteiger partial charge in [0.2, 0.25) is 5.70 Å². The molecule has 1 atom stereocenters. The van der Waals surface area contributed by atoms with Crippen molar-refractivity contribution in [3.05, 3.63) is 63.9 Å². The van der Waals surface area contributed by atoms with Gasteiger partial charge in [-0.3, -0.25) is 10.1 Å². The molecule has 0 aliphatic rings. The Morgan fingerprint density at radius 1 is 1.27 bits per heavy atom. The molecule has 0 aliphatic carbocycles. The van der Waals surface area contributed by atoms with Crippen LogP contribution in [0.2, 0.25) is 0 Å². The Morgan fingerprint density at radius 3 is 2.59 bits per heavy atom. The number of nitrogens with one attached hydrogen (secondary N) is 1. The highest BCUT2D eigenvalue weighted by Gasteiger charge is 2.04. The molecule has 0 spiro atoms. The lowest BCUT2D eigenvalue weighted by Gasteiger charge is -2.08. The van der Waals surface area contributed by atoms with Gasteiger partial charge in [-0.25, -0.2) is 0 Å². The van der Waals surface area contributed by atoms with Crippen LogP contribution in [0.15, 0.2) is 53.8 Å². The molecule has 0 fully saturated rings. The molecule has 120 valence electrons. The van der Waals surface area contributed by atoms with Crippen LogP contribution in [0.1, 0.15) is 40.0 Å². The van der Waals surface area contributed by atoms with Crippen molar-refractivity contribution in [1.82, 2.24) is 0 Å². The predicted octanol–water partition coefficient (Wildman–Crippen LogP) is 5.03. The Morgan fingerprint density at radius 2 is 1.95 bits per heavy atom. The average molecular weight is 302 g/mol. The van der Waals surface area contributed by atoms with Crippen molar-refractivity contribution in [2.45, 2.75) is 40.0 Å². The van der Waals surface area contributed by atoms with Gasteiger partial charge in [-0.15, -0.1) is 0 Å². The van der Waals surface area contributed by atoms with Gasteiger partial charge in [0.25, 0.3) is 0 Å². The van der Waals surface area contributed by atoms with Gasteiger partial charge < -0.3 is 5.32 Å². The summed E-state index contributed by atoms with van der Waals surface area (Å²) in [5, 5.41) is 13.9. The number of hydrogen-bond acceptors (Lipinski definition) is 3. The Balaban J connectivity index is 2.26. The van der Waals surface area contributed by atoms with Crippen molar-refractivity contribution in [1.29, 1.82) is 0 Å². The van der Waals surface area contributed by atoms with E-state index in [1.54, 1.807) is 13.0 Å². The van der Waals surface area contributed by atoms with E-state index in [4.69, 9.17) is 0 Å². The summed E-state index contributed by atoms with van der Waals surface area (Å²) in [4.78, 5) is 10.2. The second-order valence-electron chi connectivity index (χ2n) is 5.79. The summed E-state index contributed by atoms with van der Waals surface area (Å²) in [5.74, 6) is 0.459. The number of nitro groups is 1. The fourth-order valence-electron chi connectivity index (χ4n) is 2.05. The van der Waals surface area contributed by atoms with Gasteiger partial charge in [-0.1, -0.05) is 36.8 Å². The zero-order chi connectivity index (χ0) is 16.4. The van der Waals surface area contributed by atoms with Crippen molar-refractivity contribution in [3.8, 4) is 0 Å². The predicted molar refractivity (Wildman–Crippen MR) is 92.5 cm³/mol. The molecule has 0 heterocycles. The number of para-hydroxylation sites is 1. The summed E-state index contributed by atoms with van der Waals surface area (Å²) < 4.78 is 0. The van der Waals surface area contributed by atoms with Crippen molar-refractivity contribution < 1.29 is 4.92 Å². The van der Waals surface area contributed by atoms with Crippen LogP contribution in [0.25, 0.3) is 0 Å². The molecule has 0 aromatic heterocycles. The van der Waals surface area contributed by atoms with E-state index in [-0.39, 0.29) is 10.6 Å². The largest absolute Gasteiger partial charge is 0.381 e. The minimum absolute atomic E-state index is 0.241. The van der Waals surface area contributed by atoms with Crippen LogP contribution in [0.4, 0.5) is 5.69 Å². The van der Waals surface area contributed by atoms with Gasteiger partial charge in [0.15, 0.2) is 0 Å². The molecule has 1 unspecified atom stereocenters. The first-order chi connectivity index (χ1) is 10.5. The zero-order valence-corrected chi connectivity index (χ0v) is 13.7. The summed E-state index contributed by atoms with van der Waals surface area (Å²) >= 11 is 0. The van der Waals surface area contributed by atoms with Crippen molar-refractivity contribution in [2.75, 3.05) is 11.9 Å². The maximum Gasteiger partial charge on any atom is 0.239 e. The molecule has 0 radical (unpaired) electrons. The summed E-state index contributed by atoms with van der Waals surface area (Å²) in [6.07, 6.45) is 6.79. The van der Waals surface area contributed by atoms with Crippen molar-refractivity contribution in [2.24, 2.45) is 5.92 Å². The van der Waals surface area contributed by atoms with Gasteiger partial charge in [0, 0.05) is 19.2 Å². The molecular formula is C18H26N2O2. The maximum atomic E-state index is 10.5. The van der Waals surface area contributed by atoms with Gasteiger partial charge >= 0.3 is 0 Å². The molecule has 22 heavy (non-hydrogen) atoms. The van der Waals surface area contributed by atoms with Gasteiger partial charge in [0.05, 0.1) is 4.92 Å². The number of benzene rings is 1. The smallest absolute Gasteiger partial charge is 0.239 e. The molecule has 0 saturated heterocycles. The summed E-state index contributed by atoms with van der Waals surface area (Å²) in [6, 6.07) is 10.1. The lowest BCUT2D eigenvalue weighted by Crippen LogP contribution is -2.02. The van der Waals surface area contributed by atoms with Gasteiger partial charge in [-0.05, 0) is 50.3 Å². The normalized spacial score (nSPS) is 13.8. The van der Waals surface area contributed by atoms with Crippen LogP contribution in [0.5, 0.6) is 0 Å². The standard InChI is InChI=1S/C18H26N2O2/c1-15(12-13-17(3)20(21)22)8-7-9-16(2)14-19-18-10-5-4-6-11-18/h4-6,9-11,13,15,19H,7-8,12,14H2,1-3H3/b16-9+,17-13+. The van der Waals surface area contributed by atoms with Crippen LogP contribution in [0, 0.1) is 16.0 Å². The number of rotatable bonds is 9. The van der Waals surface area contributed by atoms with E-state index < -0.39 is 0 Å². The van der Waals surface area contributed by atoms with Crippen LogP contribution in [-0.2, 0) is 0 Å². The molecular weight excluding hydrogens is 276 g/mol. The highest BCUT2D eigenvalue weighted by atomic mass is 16.6. The second kappa shape index (κ2) is 9.77. The van der Waals surface area contributed by atoms with E-state index in [1.165, 1.54) is 5.57 Å². The first-order valence-electron chi connectivity index (χ1n) is 7.74. The molecule has 4 heteroatoms. The molecule has 0 saturated carbocycles. The van der Waals surface area contributed by atoms with Gasteiger partial charge in [-0.2, -0.15) is 0 Å². The van der Waals surface area contributed by atoms with E-state index in [1.807, 2.05) is 18.2 Å². The second-order valence-corrected chi connectivity index (χ2v) is 5.79. The fourth-order valence-corrected chi connectivity index (χ4v) is 2.05. The van der Waals surface area contributed by atoms with Crippen LogP contribution in [-0.4, -0.2) is 11.5 Å². The molecule has 1 aromatic carbocycles. The highest BCUT2D eigenvalue weighted by molar-refractivity contribution is 5.43. The average Bonchev–Trinajstić information content (AvgIpc) is 2.51. The van der Waals surface area contributed by atoms with Crippen LogP contribution in [0.3, 0.4) is 0 Å². The van der Waals surface area contributed by atoms with Crippen LogP contribution < -0.4 is 5.32 Å².